The molecule has 3 aromatic carbocycles. The highest BCUT2D eigenvalue weighted by Gasteiger charge is 2.26. The number of para-hydroxylation sites is 1. The van der Waals surface area contributed by atoms with Crippen molar-refractivity contribution in [2.75, 3.05) is 18.6 Å². The summed E-state index contributed by atoms with van der Waals surface area (Å²) in [5, 5.41) is 20.4. The monoisotopic (exact) mass is 455 g/mol. The molecule has 3 aromatic rings. The van der Waals surface area contributed by atoms with Crippen molar-refractivity contribution in [1.82, 2.24) is 0 Å². The number of nitro groups is 1. The van der Waals surface area contributed by atoms with E-state index >= 15 is 0 Å². The molecule has 1 aliphatic heterocycles. The maximum absolute atomic E-state index is 13.0. The lowest BCUT2D eigenvalue weighted by molar-refractivity contribution is -0.384. The molecule has 1 aliphatic rings. The van der Waals surface area contributed by atoms with Crippen LogP contribution in [0.15, 0.2) is 72.3 Å². The van der Waals surface area contributed by atoms with E-state index in [2.05, 4.69) is 0 Å². The second-order valence-electron chi connectivity index (χ2n) is 7.63. The number of ether oxygens (including phenoxy) is 2. The minimum absolute atomic E-state index is 0.0118. The van der Waals surface area contributed by atoms with Gasteiger partial charge in [-0.2, -0.15) is 5.26 Å². The summed E-state index contributed by atoms with van der Waals surface area (Å²) in [7, 11) is 1.50. The molecule has 0 saturated heterocycles. The summed E-state index contributed by atoms with van der Waals surface area (Å²) < 4.78 is 11.2. The van der Waals surface area contributed by atoms with Crippen LogP contribution in [0.2, 0.25) is 0 Å². The molecule has 170 valence electrons. The van der Waals surface area contributed by atoms with Gasteiger partial charge in [0.2, 0.25) is 0 Å². The Labute approximate surface area is 196 Å². The Bertz CT molecular complexity index is 1310. The first-order valence-electron chi connectivity index (χ1n) is 10.6. The molecule has 8 heteroatoms. The molecule has 0 spiro atoms. The molecule has 0 unspecified atom stereocenters. The number of nitrogens with zero attached hydrogens (tertiary/aromatic N) is 3. The normalized spacial score (nSPS) is 12.6. The fraction of sp³-hybridized carbons (Fsp3) is 0.154. The van der Waals surface area contributed by atoms with E-state index in [1.807, 2.05) is 30.3 Å². The zero-order chi connectivity index (χ0) is 24.1. The summed E-state index contributed by atoms with van der Waals surface area (Å²) in [6.07, 6.45) is 2.29. The SMILES string of the molecule is COc1cc(C=C(C#N)C(=O)N2CCc3ccccc32)ccc1OCc1ccc([N+](=O)[O-])cc1. The number of nitro benzene ring substituents is 1. The van der Waals surface area contributed by atoms with E-state index in [-0.39, 0.29) is 23.8 Å². The summed E-state index contributed by atoms with van der Waals surface area (Å²) in [5.41, 5.74) is 3.35. The van der Waals surface area contributed by atoms with E-state index in [1.54, 1.807) is 35.2 Å². The number of amides is 1. The third kappa shape index (κ3) is 4.74. The van der Waals surface area contributed by atoms with Gasteiger partial charge in [-0.05, 0) is 59.5 Å². The summed E-state index contributed by atoms with van der Waals surface area (Å²) in [6, 6.07) is 20.9. The second kappa shape index (κ2) is 9.88. The van der Waals surface area contributed by atoms with Crippen LogP contribution in [0.4, 0.5) is 11.4 Å². The van der Waals surface area contributed by atoms with Crippen molar-refractivity contribution < 1.29 is 19.2 Å². The number of benzene rings is 3. The molecule has 0 N–H and O–H groups in total. The van der Waals surface area contributed by atoms with Crippen LogP contribution in [0.5, 0.6) is 11.5 Å². The maximum atomic E-state index is 13.0. The predicted octanol–water partition coefficient (Wildman–Crippen LogP) is 4.68. The van der Waals surface area contributed by atoms with Crippen molar-refractivity contribution in [1.29, 1.82) is 5.26 Å². The molecular weight excluding hydrogens is 434 g/mol. The van der Waals surface area contributed by atoms with Crippen LogP contribution in [0.1, 0.15) is 16.7 Å². The number of nitriles is 1. The molecule has 34 heavy (non-hydrogen) atoms. The molecule has 0 radical (unpaired) electrons. The van der Waals surface area contributed by atoms with E-state index in [0.717, 1.165) is 23.2 Å². The van der Waals surface area contributed by atoms with E-state index in [0.29, 0.717) is 23.6 Å². The van der Waals surface area contributed by atoms with Gasteiger partial charge in [-0.1, -0.05) is 24.3 Å². The number of fused-ring (bicyclic) bond motifs is 1. The van der Waals surface area contributed by atoms with Gasteiger partial charge in [0.1, 0.15) is 18.2 Å². The highest BCUT2D eigenvalue weighted by molar-refractivity contribution is 6.12. The van der Waals surface area contributed by atoms with Gasteiger partial charge < -0.3 is 14.4 Å². The van der Waals surface area contributed by atoms with E-state index in [1.165, 1.54) is 25.3 Å². The van der Waals surface area contributed by atoms with Crippen LogP contribution < -0.4 is 14.4 Å². The summed E-state index contributed by atoms with van der Waals surface area (Å²) in [6.45, 7) is 0.732. The average molecular weight is 455 g/mol. The Hall–Kier alpha value is -4.64. The Morgan fingerprint density at radius 1 is 1.15 bits per heavy atom. The van der Waals surface area contributed by atoms with Crippen LogP contribution >= 0.6 is 0 Å². The van der Waals surface area contributed by atoms with E-state index in [9.17, 15) is 20.2 Å². The van der Waals surface area contributed by atoms with Crippen LogP contribution in [0.3, 0.4) is 0 Å². The van der Waals surface area contributed by atoms with E-state index < -0.39 is 4.92 Å². The first-order chi connectivity index (χ1) is 16.5. The first-order valence-corrected chi connectivity index (χ1v) is 10.6. The second-order valence-corrected chi connectivity index (χ2v) is 7.63. The third-order valence-electron chi connectivity index (χ3n) is 5.52. The molecule has 4 rings (SSSR count). The molecule has 0 bridgehead atoms. The predicted molar refractivity (Wildman–Crippen MR) is 127 cm³/mol. The van der Waals surface area contributed by atoms with Crippen LogP contribution in [0.25, 0.3) is 6.08 Å². The molecule has 1 heterocycles. The molecule has 1 amide bonds. The summed E-state index contributed by atoms with van der Waals surface area (Å²) in [5.74, 6) is 0.563. The molecule has 0 aromatic heterocycles. The largest absolute Gasteiger partial charge is 0.493 e. The number of non-ortho nitro benzene ring substituents is 1. The molecule has 8 nitrogen and oxygen atoms in total. The van der Waals surface area contributed by atoms with Crippen LogP contribution in [-0.2, 0) is 17.8 Å². The lowest BCUT2D eigenvalue weighted by Crippen LogP contribution is -2.29. The quantitative estimate of drug-likeness (QED) is 0.222. The summed E-state index contributed by atoms with van der Waals surface area (Å²) in [4.78, 5) is 25.0. The zero-order valence-corrected chi connectivity index (χ0v) is 18.4. The maximum Gasteiger partial charge on any atom is 0.269 e. The van der Waals surface area contributed by atoms with Gasteiger partial charge in [0.15, 0.2) is 11.5 Å². The van der Waals surface area contributed by atoms with Gasteiger partial charge >= 0.3 is 0 Å². The minimum atomic E-state index is -0.456. The standard InChI is InChI=1S/C26H21N3O5/c1-33-25-15-19(8-11-24(25)34-17-18-6-9-22(10-7-18)29(31)32)14-21(16-27)26(30)28-13-12-20-4-2-3-5-23(20)28/h2-11,14-15H,12-13,17H2,1H3. The van der Waals surface area contributed by atoms with Gasteiger partial charge in [-0.15, -0.1) is 0 Å². The van der Waals surface area contributed by atoms with Gasteiger partial charge in [0.05, 0.1) is 12.0 Å². The van der Waals surface area contributed by atoms with Crippen molar-refractivity contribution in [3.8, 4) is 17.6 Å². The Kier molecular flexibility index (Phi) is 6.55. The number of anilines is 1. The molecule has 0 atom stereocenters. The minimum Gasteiger partial charge on any atom is -0.493 e. The van der Waals surface area contributed by atoms with E-state index in [4.69, 9.17) is 9.47 Å². The van der Waals surface area contributed by atoms with Crippen molar-refractivity contribution in [2.24, 2.45) is 0 Å². The fourth-order valence-electron chi connectivity index (χ4n) is 3.77. The third-order valence-corrected chi connectivity index (χ3v) is 5.52. The van der Waals surface area contributed by atoms with Gasteiger partial charge in [0, 0.05) is 24.4 Å². The van der Waals surface area contributed by atoms with Crippen molar-refractivity contribution in [3.63, 3.8) is 0 Å². The van der Waals surface area contributed by atoms with Gasteiger partial charge in [-0.25, -0.2) is 0 Å². The van der Waals surface area contributed by atoms with Crippen molar-refractivity contribution in [2.45, 2.75) is 13.0 Å². The molecule has 0 fully saturated rings. The number of rotatable bonds is 7. The molecule has 0 saturated carbocycles. The highest BCUT2D eigenvalue weighted by Crippen LogP contribution is 2.31. The Morgan fingerprint density at radius 3 is 2.62 bits per heavy atom. The number of methoxy groups -OCH3 is 1. The first kappa shape index (κ1) is 22.6. The topological polar surface area (TPSA) is 106 Å². The van der Waals surface area contributed by atoms with Gasteiger partial charge in [-0.3, -0.25) is 14.9 Å². The number of hydrogen-bond donors (Lipinski definition) is 0. The summed E-state index contributed by atoms with van der Waals surface area (Å²) >= 11 is 0. The van der Waals surface area contributed by atoms with Gasteiger partial charge in [0.25, 0.3) is 11.6 Å². The van der Waals surface area contributed by atoms with Crippen LogP contribution in [-0.4, -0.2) is 24.5 Å². The fourth-order valence-corrected chi connectivity index (χ4v) is 3.77. The average Bonchev–Trinajstić information content (AvgIpc) is 3.30. The Balaban J connectivity index is 1.50. The number of carbonyl (C=O) groups is 1. The smallest absolute Gasteiger partial charge is 0.269 e. The lowest BCUT2D eigenvalue weighted by Gasteiger charge is -2.16. The van der Waals surface area contributed by atoms with Crippen molar-refractivity contribution >= 4 is 23.4 Å². The molecular formula is C26H21N3O5. The van der Waals surface area contributed by atoms with Crippen LogP contribution in [0, 0.1) is 21.4 Å². The highest BCUT2D eigenvalue weighted by atomic mass is 16.6. The lowest BCUT2D eigenvalue weighted by atomic mass is 10.1. The Morgan fingerprint density at radius 2 is 1.91 bits per heavy atom. The van der Waals surface area contributed by atoms with Crippen molar-refractivity contribution in [3.05, 3.63) is 99.1 Å². The molecule has 0 aliphatic carbocycles. The number of carbonyl (C=O) groups excluding carboxylic acids is 1. The number of hydrogen-bond acceptors (Lipinski definition) is 6. The zero-order valence-electron chi connectivity index (χ0n) is 18.4.